The van der Waals surface area contributed by atoms with Crippen molar-refractivity contribution in [2.24, 2.45) is 0 Å². The summed E-state index contributed by atoms with van der Waals surface area (Å²) in [7, 11) is 0. The van der Waals surface area contributed by atoms with Gasteiger partial charge in [0.15, 0.2) is 16.6 Å². The van der Waals surface area contributed by atoms with Crippen molar-refractivity contribution in [3.8, 4) is 11.5 Å². The number of anilines is 1. The van der Waals surface area contributed by atoms with Crippen LogP contribution in [0.15, 0.2) is 24.3 Å². The van der Waals surface area contributed by atoms with Crippen molar-refractivity contribution in [2.75, 3.05) is 31.6 Å². The fourth-order valence-electron chi connectivity index (χ4n) is 3.01. The van der Waals surface area contributed by atoms with Crippen LogP contribution in [0, 0.1) is 0 Å². The smallest absolute Gasteiger partial charge is 0.226 e. The van der Waals surface area contributed by atoms with Gasteiger partial charge in [0.05, 0.1) is 18.9 Å². The van der Waals surface area contributed by atoms with Gasteiger partial charge >= 0.3 is 0 Å². The molecule has 1 aliphatic heterocycles. The lowest BCUT2D eigenvalue weighted by Crippen LogP contribution is -2.29. The van der Waals surface area contributed by atoms with E-state index < -0.39 is 0 Å². The quantitative estimate of drug-likeness (QED) is 0.662. The molecule has 1 aromatic heterocycles. The number of hydrogen-bond donors (Lipinski definition) is 1. The molecular weight excluding hydrogens is 362 g/mol. The Hall–Kier alpha value is -2.12. The fraction of sp³-hybridized carbons (Fsp3) is 0.500. The lowest BCUT2D eigenvalue weighted by atomic mass is 10.2. The Morgan fingerprint density at radius 1 is 1.26 bits per heavy atom. The Morgan fingerprint density at radius 3 is 2.78 bits per heavy atom. The number of carbonyl (C=O) groups excluding carboxylic acids is 1. The molecule has 7 heteroatoms. The lowest BCUT2D eigenvalue weighted by molar-refractivity contribution is -0.116. The molecule has 0 saturated heterocycles. The average molecular weight is 390 g/mol. The molecule has 6 nitrogen and oxygen atoms in total. The molecular formula is C20H27N3O3S. The van der Waals surface area contributed by atoms with Crippen molar-refractivity contribution >= 4 is 22.4 Å². The molecule has 0 spiro atoms. The number of ether oxygens (including phenoxy) is 2. The van der Waals surface area contributed by atoms with Crippen molar-refractivity contribution in [1.82, 2.24) is 9.88 Å². The van der Waals surface area contributed by atoms with Gasteiger partial charge in [-0.25, -0.2) is 4.98 Å². The molecule has 0 saturated carbocycles. The molecule has 0 radical (unpaired) electrons. The zero-order valence-electron chi connectivity index (χ0n) is 16.0. The van der Waals surface area contributed by atoms with Crippen LogP contribution in [0.1, 0.15) is 37.3 Å². The summed E-state index contributed by atoms with van der Waals surface area (Å²) in [5.41, 5.74) is 1.14. The van der Waals surface area contributed by atoms with Gasteiger partial charge in [0, 0.05) is 30.8 Å². The minimum atomic E-state index is -0.0184. The Morgan fingerprint density at radius 2 is 2.04 bits per heavy atom. The van der Waals surface area contributed by atoms with Gasteiger partial charge in [-0.15, -0.1) is 11.3 Å². The first-order valence-electron chi connectivity index (χ1n) is 9.55. The number of amides is 1. The molecule has 1 N–H and O–H groups in total. The van der Waals surface area contributed by atoms with Crippen LogP contribution >= 0.6 is 11.3 Å². The van der Waals surface area contributed by atoms with Crippen molar-refractivity contribution < 1.29 is 14.3 Å². The number of carbonyl (C=O) groups is 1. The van der Waals surface area contributed by atoms with Gasteiger partial charge < -0.3 is 14.8 Å². The lowest BCUT2D eigenvalue weighted by Gasteiger charge is -2.23. The number of rotatable bonds is 9. The molecule has 146 valence electrons. The highest BCUT2D eigenvalue weighted by Gasteiger charge is 2.20. The van der Waals surface area contributed by atoms with Crippen LogP contribution in [0.5, 0.6) is 11.5 Å². The molecule has 2 aromatic rings. The molecule has 0 unspecified atom stereocenters. The number of nitrogens with zero attached hydrogens (tertiary/aromatic N) is 2. The number of benzene rings is 1. The second kappa shape index (κ2) is 9.71. The third-order valence-electron chi connectivity index (χ3n) is 4.46. The number of nitrogens with one attached hydrogen (secondary N) is 1. The van der Waals surface area contributed by atoms with Crippen LogP contribution in [0.4, 0.5) is 5.13 Å². The van der Waals surface area contributed by atoms with E-state index in [1.54, 1.807) is 11.3 Å². The monoisotopic (exact) mass is 389 g/mol. The summed E-state index contributed by atoms with van der Waals surface area (Å²) in [6.07, 6.45) is 2.01. The number of hydrogen-bond acceptors (Lipinski definition) is 6. The van der Waals surface area contributed by atoms with E-state index in [0.29, 0.717) is 36.9 Å². The predicted molar refractivity (Wildman–Crippen MR) is 108 cm³/mol. The first-order valence-corrected chi connectivity index (χ1v) is 10.4. The zero-order valence-corrected chi connectivity index (χ0v) is 16.8. The van der Waals surface area contributed by atoms with Gasteiger partial charge in [-0.2, -0.15) is 0 Å². The summed E-state index contributed by atoms with van der Waals surface area (Å²) in [5.74, 6) is 1.43. The fourth-order valence-corrected chi connectivity index (χ4v) is 4.08. The Kier molecular flexibility index (Phi) is 7.06. The summed E-state index contributed by atoms with van der Waals surface area (Å²) < 4.78 is 11.3. The van der Waals surface area contributed by atoms with Gasteiger partial charge in [0.1, 0.15) is 0 Å². The normalized spacial score (nSPS) is 13.9. The van der Waals surface area contributed by atoms with Gasteiger partial charge in [0.25, 0.3) is 0 Å². The maximum absolute atomic E-state index is 12.2. The molecule has 1 aromatic carbocycles. The van der Waals surface area contributed by atoms with Crippen LogP contribution < -0.4 is 14.8 Å². The molecule has 0 atom stereocenters. The maximum atomic E-state index is 12.2. The Labute approximate surface area is 164 Å². The van der Waals surface area contributed by atoms with E-state index in [0.717, 1.165) is 37.5 Å². The second-order valence-corrected chi connectivity index (χ2v) is 7.47. The number of para-hydroxylation sites is 2. The SMILES string of the molecule is CCOc1ccccc1OCCCC(=O)Nc1nc2c(s1)CN(CC)CC2. The minimum absolute atomic E-state index is 0.0184. The highest BCUT2D eigenvalue weighted by molar-refractivity contribution is 7.15. The van der Waals surface area contributed by atoms with E-state index in [4.69, 9.17) is 9.47 Å². The van der Waals surface area contributed by atoms with E-state index in [2.05, 4.69) is 22.1 Å². The Balaban J connectivity index is 1.42. The van der Waals surface area contributed by atoms with Crippen LogP contribution in [-0.4, -0.2) is 42.1 Å². The maximum Gasteiger partial charge on any atom is 0.226 e. The minimum Gasteiger partial charge on any atom is -0.490 e. The first-order chi connectivity index (χ1) is 13.2. The van der Waals surface area contributed by atoms with Crippen LogP contribution in [0.3, 0.4) is 0 Å². The number of likely N-dealkylation sites (N-methyl/N-ethyl adjacent to an activating group) is 1. The van der Waals surface area contributed by atoms with E-state index in [1.807, 2.05) is 31.2 Å². The van der Waals surface area contributed by atoms with Crippen molar-refractivity contribution in [3.63, 3.8) is 0 Å². The largest absolute Gasteiger partial charge is 0.490 e. The predicted octanol–water partition coefficient (Wildman–Crippen LogP) is 3.72. The van der Waals surface area contributed by atoms with E-state index in [-0.39, 0.29) is 5.91 Å². The molecule has 1 amide bonds. The summed E-state index contributed by atoms with van der Waals surface area (Å²) in [5, 5.41) is 3.65. The topological polar surface area (TPSA) is 63.7 Å². The van der Waals surface area contributed by atoms with Crippen molar-refractivity contribution in [3.05, 3.63) is 34.8 Å². The van der Waals surface area contributed by atoms with E-state index in [9.17, 15) is 4.79 Å². The highest BCUT2D eigenvalue weighted by Crippen LogP contribution is 2.28. The standard InChI is InChI=1S/C20H27N3O3S/c1-3-23-12-11-15-18(14-23)27-20(21-15)22-19(24)10-7-13-26-17-9-6-5-8-16(17)25-4-2/h5-6,8-9H,3-4,7,10-14H2,1-2H3,(H,21,22,24). The van der Waals surface area contributed by atoms with Crippen LogP contribution in [0.25, 0.3) is 0 Å². The third-order valence-corrected chi connectivity index (χ3v) is 5.46. The van der Waals surface area contributed by atoms with E-state index in [1.165, 1.54) is 4.88 Å². The number of thiazole rings is 1. The van der Waals surface area contributed by atoms with Crippen molar-refractivity contribution in [1.29, 1.82) is 0 Å². The number of fused-ring (bicyclic) bond motifs is 1. The van der Waals surface area contributed by atoms with Crippen LogP contribution in [0.2, 0.25) is 0 Å². The summed E-state index contributed by atoms with van der Waals surface area (Å²) in [4.78, 5) is 20.4. The molecule has 2 heterocycles. The summed E-state index contributed by atoms with van der Waals surface area (Å²) in [6.45, 7) is 8.20. The summed E-state index contributed by atoms with van der Waals surface area (Å²) >= 11 is 1.59. The first kappa shape index (κ1) is 19.6. The van der Waals surface area contributed by atoms with Crippen LogP contribution in [-0.2, 0) is 17.8 Å². The van der Waals surface area contributed by atoms with E-state index >= 15 is 0 Å². The van der Waals surface area contributed by atoms with Gasteiger partial charge in [-0.1, -0.05) is 19.1 Å². The zero-order chi connectivity index (χ0) is 19.1. The van der Waals surface area contributed by atoms with Gasteiger partial charge in [0.2, 0.25) is 5.91 Å². The highest BCUT2D eigenvalue weighted by atomic mass is 32.1. The average Bonchev–Trinajstić information content (AvgIpc) is 3.07. The molecule has 0 aliphatic carbocycles. The summed E-state index contributed by atoms with van der Waals surface area (Å²) in [6, 6.07) is 7.59. The molecule has 0 bridgehead atoms. The van der Waals surface area contributed by atoms with Gasteiger partial charge in [-0.3, -0.25) is 9.69 Å². The molecule has 27 heavy (non-hydrogen) atoms. The molecule has 1 aliphatic rings. The Bertz CT molecular complexity index is 763. The number of aromatic nitrogens is 1. The molecule has 0 fully saturated rings. The second-order valence-electron chi connectivity index (χ2n) is 6.39. The van der Waals surface area contributed by atoms with Gasteiger partial charge in [-0.05, 0) is 32.0 Å². The third kappa shape index (κ3) is 5.43. The molecule has 3 rings (SSSR count). The van der Waals surface area contributed by atoms with Crippen molar-refractivity contribution in [2.45, 2.75) is 39.7 Å².